The van der Waals surface area contributed by atoms with E-state index in [2.05, 4.69) is 23.8 Å². The molecular weight excluding hydrogens is 258 g/mol. The fraction of sp³-hybridized carbons (Fsp3) is 0.643. The predicted octanol–water partition coefficient (Wildman–Crippen LogP) is 2.15. The highest BCUT2D eigenvalue weighted by Crippen LogP contribution is 2.26. The van der Waals surface area contributed by atoms with E-state index < -0.39 is 5.97 Å². The summed E-state index contributed by atoms with van der Waals surface area (Å²) >= 11 is 0. The molecule has 0 unspecified atom stereocenters. The third-order valence-corrected chi connectivity index (χ3v) is 3.64. The lowest BCUT2D eigenvalue weighted by molar-refractivity contribution is 0.0622. The Kier molecular flexibility index (Phi) is 4.42. The summed E-state index contributed by atoms with van der Waals surface area (Å²) in [6.07, 6.45) is 5.49. The maximum absolute atomic E-state index is 12.6. The summed E-state index contributed by atoms with van der Waals surface area (Å²) in [4.78, 5) is 32.0. The fourth-order valence-corrected chi connectivity index (χ4v) is 2.76. The highest BCUT2D eigenvalue weighted by molar-refractivity contribution is 6.02. The normalized spacial score (nSPS) is 15.8. The number of carboxylic acid groups (broad SMARTS) is 1. The van der Waals surface area contributed by atoms with E-state index in [9.17, 15) is 9.59 Å². The Bertz CT molecular complexity index is 490. The summed E-state index contributed by atoms with van der Waals surface area (Å²) in [7, 11) is 0. The summed E-state index contributed by atoms with van der Waals surface area (Å²) in [5, 5.41) is 9.09. The van der Waals surface area contributed by atoms with Crippen LogP contribution in [0.1, 0.15) is 60.5 Å². The molecule has 1 aromatic heterocycles. The second-order valence-electron chi connectivity index (χ2n) is 5.72. The number of aromatic nitrogens is 2. The Balaban J connectivity index is 2.25. The number of amides is 1. The first kappa shape index (κ1) is 14.6. The van der Waals surface area contributed by atoms with Crippen LogP contribution in [0.2, 0.25) is 0 Å². The molecule has 0 atom stereocenters. The maximum Gasteiger partial charge on any atom is 0.354 e. The molecule has 1 fully saturated rings. The van der Waals surface area contributed by atoms with Gasteiger partial charge in [0.05, 0.1) is 6.33 Å². The third-order valence-electron chi connectivity index (χ3n) is 3.64. The Morgan fingerprint density at radius 3 is 2.65 bits per heavy atom. The Labute approximate surface area is 118 Å². The topological polar surface area (TPSA) is 86.3 Å². The first-order valence-electron chi connectivity index (χ1n) is 7.08. The first-order chi connectivity index (χ1) is 9.50. The van der Waals surface area contributed by atoms with E-state index in [-0.39, 0.29) is 23.3 Å². The minimum absolute atomic E-state index is 0.0186. The molecular formula is C14H21N3O3. The van der Waals surface area contributed by atoms with Crippen LogP contribution in [0.25, 0.3) is 0 Å². The van der Waals surface area contributed by atoms with Gasteiger partial charge in [-0.1, -0.05) is 26.7 Å². The number of nitrogens with zero attached hydrogens (tertiary/aromatic N) is 2. The van der Waals surface area contributed by atoms with Crippen molar-refractivity contribution in [2.75, 3.05) is 6.54 Å². The molecule has 1 aliphatic rings. The molecule has 2 N–H and O–H groups in total. The number of aromatic amines is 1. The number of hydrogen-bond donors (Lipinski definition) is 2. The average molecular weight is 279 g/mol. The molecule has 6 heteroatoms. The van der Waals surface area contributed by atoms with Gasteiger partial charge in [-0.05, 0) is 18.8 Å². The van der Waals surface area contributed by atoms with Crippen LogP contribution in [0.3, 0.4) is 0 Å². The number of nitrogens with one attached hydrogen (secondary N) is 1. The molecule has 0 saturated heterocycles. The van der Waals surface area contributed by atoms with Gasteiger partial charge in [0.2, 0.25) is 0 Å². The number of carbonyl (C=O) groups excluding carboxylic acids is 1. The second-order valence-corrected chi connectivity index (χ2v) is 5.72. The van der Waals surface area contributed by atoms with Gasteiger partial charge in [-0.2, -0.15) is 0 Å². The van der Waals surface area contributed by atoms with Gasteiger partial charge in [0.15, 0.2) is 11.4 Å². The number of carboxylic acids is 1. The van der Waals surface area contributed by atoms with Crippen LogP contribution in [0.4, 0.5) is 0 Å². The molecule has 110 valence electrons. The standard InChI is InChI=1S/C14H21N3O3/c1-9(2)7-17(10-5-3-4-6-10)13(18)11-12(14(19)20)16-8-15-11/h8-10H,3-7H2,1-2H3,(H,15,16)(H,19,20). The number of imidazole rings is 1. The van der Waals surface area contributed by atoms with E-state index in [0.717, 1.165) is 25.7 Å². The van der Waals surface area contributed by atoms with Crippen molar-refractivity contribution in [2.45, 2.75) is 45.6 Å². The molecule has 0 spiro atoms. The lowest BCUT2D eigenvalue weighted by Crippen LogP contribution is -2.42. The molecule has 0 aliphatic heterocycles. The fourth-order valence-electron chi connectivity index (χ4n) is 2.76. The lowest BCUT2D eigenvalue weighted by Gasteiger charge is -2.30. The molecule has 2 rings (SSSR count). The highest BCUT2D eigenvalue weighted by Gasteiger charge is 2.31. The van der Waals surface area contributed by atoms with Crippen molar-refractivity contribution in [1.82, 2.24) is 14.9 Å². The molecule has 0 bridgehead atoms. The lowest BCUT2D eigenvalue weighted by atomic mass is 10.1. The van der Waals surface area contributed by atoms with Crippen LogP contribution >= 0.6 is 0 Å². The molecule has 1 aliphatic carbocycles. The van der Waals surface area contributed by atoms with E-state index in [0.29, 0.717) is 12.5 Å². The van der Waals surface area contributed by atoms with Crippen molar-refractivity contribution < 1.29 is 14.7 Å². The number of rotatable bonds is 5. The van der Waals surface area contributed by atoms with Gasteiger partial charge >= 0.3 is 5.97 Å². The highest BCUT2D eigenvalue weighted by atomic mass is 16.4. The van der Waals surface area contributed by atoms with Crippen LogP contribution in [-0.2, 0) is 0 Å². The zero-order valence-corrected chi connectivity index (χ0v) is 11.9. The first-order valence-corrected chi connectivity index (χ1v) is 7.08. The minimum Gasteiger partial charge on any atom is -0.477 e. The molecule has 6 nitrogen and oxygen atoms in total. The van der Waals surface area contributed by atoms with Gasteiger partial charge < -0.3 is 15.0 Å². The summed E-state index contributed by atoms with van der Waals surface area (Å²) in [6, 6.07) is 0.211. The van der Waals surface area contributed by atoms with Crippen LogP contribution in [0, 0.1) is 5.92 Å². The molecule has 1 saturated carbocycles. The van der Waals surface area contributed by atoms with E-state index in [1.807, 2.05) is 0 Å². The molecule has 0 aromatic carbocycles. The van der Waals surface area contributed by atoms with Gasteiger partial charge in [0, 0.05) is 12.6 Å². The van der Waals surface area contributed by atoms with Crippen LogP contribution in [-0.4, -0.2) is 44.4 Å². The Morgan fingerprint density at radius 2 is 2.10 bits per heavy atom. The largest absolute Gasteiger partial charge is 0.477 e. The van der Waals surface area contributed by atoms with Gasteiger partial charge in [-0.25, -0.2) is 9.78 Å². The third kappa shape index (κ3) is 3.00. The van der Waals surface area contributed by atoms with Crippen molar-refractivity contribution in [3.05, 3.63) is 17.7 Å². The Morgan fingerprint density at radius 1 is 1.45 bits per heavy atom. The number of aromatic carboxylic acids is 1. The van der Waals surface area contributed by atoms with Crippen LogP contribution in [0.15, 0.2) is 6.33 Å². The van der Waals surface area contributed by atoms with Crippen molar-refractivity contribution in [3.63, 3.8) is 0 Å². The predicted molar refractivity (Wildman–Crippen MR) is 73.7 cm³/mol. The quantitative estimate of drug-likeness (QED) is 0.864. The Hall–Kier alpha value is -1.85. The average Bonchev–Trinajstić information content (AvgIpc) is 3.05. The minimum atomic E-state index is -1.15. The number of H-pyrrole nitrogens is 1. The SMILES string of the molecule is CC(C)CN(C(=O)c1nc[nH]c1C(=O)O)C1CCCC1. The van der Waals surface area contributed by atoms with E-state index in [4.69, 9.17) is 5.11 Å². The summed E-state index contributed by atoms with van der Waals surface area (Å²) in [6.45, 7) is 4.74. The molecule has 1 aromatic rings. The van der Waals surface area contributed by atoms with E-state index in [1.54, 1.807) is 4.90 Å². The van der Waals surface area contributed by atoms with Crippen molar-refractivity contribution >= 4 is 11.9 Å². The zero-order valence-electron chi connectivity index (χ0n) is 11.9. The van der Waals surface area contributed by atoms with Crippen LogP contribution in [0.5, 0.6) is 0 Å². The molecule has 0 radical (unpaired) electrons. The monoisotopic (exact) mass is 279 g/mol. The second kappa shape index (κ2) is 6.07. The summed E-state index contributed by atoms with van der Waals surface area (Å²) in [5.41, 5.74) is -0.105. The van der Waals surface area contributed by atoms with Crippen molar-refractivity contribution in [1.29, 1.82) is 0 Å². The van der Waals surface area contributed by atoms with E-state index in [1.165, 1.54) is 6.33 Å². The van der Waals surface area contributed by atoms with Crippen molar-refractivity contribution in [2.24, 2.45) is 5.92 Å². The number of carbonyl (C=O) groups is 2. The van der Waals surface area contributed by atoms with E-state index >= 15 is 0 Å². The van der Waals surface area contributed by atoms with Gasteiger partial charge in [-0.15, -0.1) is 0 Å². The van der Waals surface area contributed by atoms with Gasteiger partial charge in [-0.3, -0.25) is 4.79 Å². The van der Waals surface area contributed by atoms with Gasteiger partial charge in [0.25, 0.3) is 5.91 Å². The van der Waals surface area contributed by atoms with Crippen LogP contribution < -0.4 is 0 Å². The molecule has 20 heavy (non-hydrogen) atoms. The molecule has 1 heterocycles. The zero-order chi connectivity index (χ0) is 14.7. The number of hydrogen-bond acceptors (Lipinski definition) is 3. The molecule has 1 amide bonds. The van der Waals surface area contributed by atoms with Crippen molar-refractivity contribution in [3.8, 4) is 0 Å². The maximum atomic E-state index is 12.6. The smallest absolute Gasteiger partial charge is 0.354 e. The van der Waals surface area contributed by atoms with Gasteiger partial charge in [0.1, 0.15) is 0 Å². The summed E-state index contributed by atoms with van der Waals surface area (Å²) < 4.78 is 0. The summed E-state index contributed by atoms with van der Waals surface area (Å²) in [5.74, 6) is -1.09.